The van der Waals surface area contributed by atoms with E-state index >= 15 is 0 Å². The summed E-state index contributed by atoms with van der Waals surface area (Å²) in [6.45, 7) is 0.683. The van der Waals surface area contributed by atoms with Crippen molar-refractivity contribution in [2.24, 2.45) is 0 Å². The summed E-state index contributed by atoms with van der Waals surface area (Å²) < 4.78 is 38.5. The number of hydrogen-bond acceptors (Lipinski definition) is 2. The van der Waals surface area contributed by atoms with Crippen molar-refractivity contribution in [3.63, 3.8) is 0 Å². The van der Waals surface area contributed by atoms with E-state index < -0.39 is 11.7 Å². The van der Waals surface area contributed by atoms with Crippen molar-refractivity contribution >= 4 is 5.69 Å². The van der Waals surface area contributed by atoms with Crippen LogP contribution in [0.15, 0.2) is 18.2 Å². The molecule has 0 fully saturated rings. The summed E-state index contributed by atoms with van der Waals surface area (Å²) in [7, 11) is 3.65. The summed E-state index contributed by atoms with van der Waals surface area (Å²) in [6.07, 6.45) is -3.82. The first-order chi connectivity index (χ1) is 7.95. The number of benzene rings is 1. The van der Waals surface area contributed by atoms with Gasteiger partial charge in [0.2, 0.25) is 0 Å². The second kappa shape index (κ2) is 4.22. The van der Waals surface area contributed by atoms with Crippen molar-refractivity contribution in [3.05, 3.63) is 29.3 Å². The van der Waals surface area contributed by atoms with Crippen molar-refractivity contribution in [1.29, 1.82) is 0 Å². The Balaban J connectivity index is 2.40. The zero-order valence-electron chi connectivity index (χ0n) is 9.80. The van der Waals surface area contributed by atoms with Gasteiger partial charge in [0.1, 0.15) is 0 Å². The molecule has 1 aromatic rings. The summed E-state index contributed by atoms with van der Waals surface area (Å²) in [5, 5.41) is 3.01. The number of anilines is 1. The topological polar surface area (TPSA) is 15.3 Å². The van der Waals surface area contributed by atoms with E-state index in [4.69, 9.17) is 0 Å². The fourth-order valence-corrected chi connectivity index (χ4v) is 2.40. The molecule has 0 spiro atoms. The van der Waals surface area contributed by atoms with Crippen molar-refractivity contribution in [3.8, 4) is 0 Å². The lowest BCUT2D eigenvalue weighted by molar-refractivity contribution is -0.138. The van der Waals surface area contributed by atoms with Crippen LogP contribution in [0.1, 0.15) is 11.1 Å². The van der Waals surface area contributed by atoms with E-state index in [1.54, 1.807) is 6.07 Å². The van der Waals surface area contributed by atoms with Gasteiger partial charge < -0.3 is 10.2 Å². The Morgan fingerprint density at radius 1 is 1.41 bits per heavy atom. The highest BCUT2D eigenvalue weighted by atomic mass is 19.4. The van der Waals surface area contributed by atoms with E-state index in [2.05, 4.69) is 5.32 Å². The first kappa shape index (κ1) is 12.2. The van der Waals surface area contributed by atoms with Crippen molar-refractivity contribution in [2.75, 3.05) is 25.5 Å². The number of halogens is 3. The fourth-order valence-electron chi connectivity index (χ4n) is 2.40. The number of rotatable bonds is 2. The van der Waals surface area contributed by atoms with Gasteiger partial charge in [0, 0.05) is 25.3 Å². The number of nitrogens with one attached hydrogen (secondary N) is 1. The van der Waals surface area contributed by atoms with Gasteiger partial charge in [-0.25, -0.2) is 0 Å². The molecule has 0 saturated carbocycles. The molecule has 0 aromatic heterocycles. The summed E-state index contributed by atoms with van der Waals surface area (Å²) >= 11 is 0. The highest BCUT2D eigenvalue weighted by molar-refractivity contribution is 5.62. The van der Waals surface area contributed by atoms with Gasteiger partial charge in [-0.15, -0.1) is 0 Å². The summed E-state index contributed by atoms with van der Waals surface area (Å²) in [5.41, 5.74) is 0.614. The van der Waals surface area contributed by atoms with E-state index in [0.717, 1.165) is 6.07 Å². The smallest absolute Gasteiger partial charge is 0.370 e. The van der Waals surface area contributed by atoms with E-state index in [1.165, 1.54) is 6.07 Å². The van der Waals surface area contributed by atoms with Crippen molar-refractivity contribution in [2.45, 2.75) is 18.6 Å². The van der Waals surface area contributed by atoms with Crippen LogP contribution in [-0.4, -0.2) is 26.7 Å². The predicted molar refractivity (Wildman–Crippen MR) is 61.3 cm³/mol. The molecule has 1 aliphatic rings. The molecule has 1 heterocycles. The van der Waals surface area contributed by atoms with E-state index in [9.17, 15) is 13.2 Å². The standard InChI is InChI=1S/C12H15F3N2/c1-16-7-8-6-9-10(12(13,14)15)4-3-5-11(9)17(8)2/h3-5,8,16H,6-7H2,1-2H3. The van der Waals surface area contributed by atoms with Crippen molar-refractivity contribution in [1.82, 2.24) is 5.32 Å². The van der Waals surface area contributed by atoms with Crippen LogP contribution >= 0.6 is 0 Å². The molecule has 1 atom stereocenters. The first-order valence-electron chi connectivity index (χ1n) is 5.51. The third kappa shape index (κ3) is 2.11. The zero-order valence-corrected chi connectivity index (χ0v) is 9.80. The van der Waals surface area contributed by atoms with Crippen LogP contribution in [-0.2, 0) is 12.6 Å². The molecule has 0 amide bonds. The lowest BCUT2D eigenvalue weighted by Gasteiger charge is -2.22. The van der Waals surface area contributed by atoms with Gasteiger partial charge in [0.05, 0.1) is 5.56 Å². The number of fused-ring (bicyclic) bond motifs is 1. The number of hydrogen-bond donors (Lipinski definition) is 1. The largest absolute Gasteiger partial charge is 0.416 e. The molecule has 1 unspecified atom stereocenters. The van der Waals surface area contributed by atoms with Gasteiger partial charge in [-0.1, -0.05) is 6.07 Å². The second-order valence-electron chi connectivity index (χ2n) is 4.33. The Morgan fingerprint density at radius 3 is 2.71 bits per heavy atom. The minimum atomic E-state index is -4.26. The first-order valence-corrected chi connectivity index (χ1v) is 5.51. The van der Waals surface area contributed by atoms with Gasteiger partial charge in [0.15, 0.2) is 0 Å². The maximum Gasteiger partial charge on any atom is 0.416 e. The number of alkyl halides is 3. The quantitative estimate of drug-likeness (QED) is 0.858. The molecule has 1 N–H and O–H groups in total. The minimum Gasteiger partial charge on any atom is -0.370 e. The lowest BCUT2D eigenvalue weighted by Crippen LogP contribution is -2.36. The van der Waals surface area contributed by atoms with Crippen LogP contribution in [0.25, 0.3) is 0 Å². The van der Waals surface area contributed by atoms with Crippen LogP contribution in [0, 0.1) is 0 Å². The Labute approximate surface area is 98.4 Å². The average Bonchev–Trinajstić information content (AvgIpc) is 2.55. The monoisotopic (exact) mass is 244 g/mol. The highest BCUT2D eigenvalue weighted by Gasteiger charge is 2.38. The van der Waals surface area contributed by atoms with E-state index in [1.807, 2.05) is 19.0 Å². The molecule has 1 aromatic carbocycles. The van der Waals surface area contributed by atoms with Crippen LogP contribution in [0.3, 0.4) is 0 Å². The molecule has 5 heteroatoms. The summed E-state index contributed by atoms with van der Waals surface area (Å²) in [4.78, 5) is 1.92. The molecule has 0 bridgehead atoms. The van der Waals surface area contributed by atoms with E-state index in [-0.39, 0.29) is 6.04 Å². The van der Waals surface area contributed by atoms with Crippen LogP contribution in [0.4, 0.5) is 18.9 Å². The molecule has 2 nitrogen and oxygen atoms in total. The van der Waals surface area contributed by atoms with Crippen LogP contribution in [0.5, 0.6) is 0 Å². The molecule has 17 heavy (non-hydrogen) atoms. The molecule has 0 radical (unpaired) electrons. The molecular formula is C12H15F3N2. The minimum absolute atomic E-state index is 0.0958. The zero-order chi connectivity index (χ0) is 12.6. The van der Waals surface area contributed by atoms with Gasteiger partial charge in [0.25, 0.3) is 0 Å². The number of nitrogens with zero attached hydrogens (tertiary/aromatic N) is 1. The van der Waals surface area contributed by atoms with E-state index in [0.29, 0.717) is 24.2 Å². The molecule has 0 saturated heterocycles. The molecule has 94 valence electrons. The maximum absolute atomic E-state index is 12.8. The summed E-state index contributed by atoms with van der Waals surface area (Å²) in [5.74, 6) is 0. The average molecular weight is 244 g/mol. The fraction of sp³-hybridized carbons (Fsp3) is 0.500. The van der Waals surface area contributed by atoms with Crippen LogP contribution in [0.2, 0.25) is 0 Å². The Bertz CT molecular complexity index is 415. The van der Waals surface area contributed by atoms with Gasteiger partial charge in [-0.05, 0) is 31.2 Å². The van der Waals surface area contributed by atoms with Crippen molar-refractivity contribution < 1.29 is 13.2 Å². The maximum atomic E-state index is 12.8. The Morgan fingerprint density at radius 2 is 2.12 bits per heavy atom. The SMILES string of the molecule is CNCC1Cc2c(cccc2C(F)(F)F)N1C. The van der Waals surface area contributed by atoms with Gasteiger partial charge in [-0.3, -0.25) is 0 Å². The second-order valence-corrected chi connectivity index (χ2v) is 4.33. The predicted octanol–water partition coefficient (Wildman–Crippen LogP) is 2.29. The molecular weight excluding hydrogens is 229 g/mol. The highest BCUT2D eigenvalue weighted by Crippen LogP contribution is 2.40. The van der Waals surface area contributed by atoms with Crippen LogP contribution < -0.4 is 10.2 Å². The van der Waals surface area contributed by atoms with Gasteiger partial charge in [-0.2, -0.15) is 13.2 Å². The normalized spacial score (nSPS) is 19.6. The Hall–Kier alpha value is -1.23. The summed E-state index contributed by atoms with van der Waals surface area (Å²) in [6, 6.07) is 4.48. The third-order valence-electron chi connectivity index (χ3n) is 3.26. The Kier molecular flexibility index (Phi) is 3.03. The molecule has 2 rings (SSSR count). The molecule has 0 aliphatic carbocycles. The molecule has 1 aliphatic heterocycles. The third-order valence-corrected chi connectivity index (χ3v) is 3.26. The lowest BCUT2D eigenvalue weighted by atomic mass is 10.0. The number of likely N-dealkylation sites (N-methyl/N-ethyl adjacent to an activating group) is 2. The van der Waals surface area contributed by atoms with Gasteiger partial charge >= 0.3 is 6.18 Å².